The monoisotopic (exact) mass is 371 g/mol. The topological polar surface area (TPSA) is 47.9 Å². The largest absolute Gasteiger partial charge is 0.493 e. The average Bonchev–Trinajstić information content (AvgIpc) is 2.81. The fourth-order valence-corrected chi connectivity index (χ4v) is 1.97. The van der Waals surface area contributed by atoms with E-state index in [0.717, 1.165) is 7.11 Å². The van der Waals surface area contributed by atoms with Gasteiger partial charge in [-0.25, -0.2) is 0 Å². The molecular weight excluding hydrogens is 328 g/mol. The van der Waals surface area contributed by atoms with Crippen LogP contribution in [0.4, 0.5) is 0 Å². The Morgan fingerprint density at radius 1 is 1.08 bits per heavy atom. The first-order valence-corrected chi connectivity index (χ1v) is 7.99. The fraction of sp³-hybridized carbons (Fsp3) is 0.455. The Morgan fingerprint density at radius 2 is 1.92 bits per heavy atom. The van der Waals surface area contributed by atoms with Gasteiger partial charge in [0, 0.05) is 2.74 Å². The second-order valence-electron chi connectivity index (χ2n) is 5.47. The van der Waals surface area contributed by atoms with E-state index < -0.39 is 79.5 Å². The van der Waals surface area contributed by atoms with Gasteiger partial charge in [-0.1, -0.05) is 18.5 Å². The fourth-order valence-electron chi connectivity index (χ4n) is 1.97. The summed E-state index contributed by atoms with van der Waals surface area (Å²) in [6, 6.07) is -3.30. The van der Waals surface area contributed by atoms with Crippen molar-refractivity contribution in [3.05, 3.63) is 52.9 Å². The predicted molar refractivity (Wildman–Crippen MR) is 105 cm³/mol. The average molecular weight is 372 g/mol. The van der Waals surface area contributed by atoms with Crippen molar-refractivity contribution in [2.45, 2.75) is 45.6 Å². The summed E-state index contributed by atoms with van der Waals surface area (Å²) in [6.45, 7) is 0.266. The van der Waals surface area contributed by atoms with Crippen LogP contribution in [0, 0.1) is 13.8 Å². The van der Waals surface area contributed by atoms with Gasteiger partial charge in [0.1, 0.15) is 12.3 Å². The molecule has 0 aliphatic rings. The molecule has 0 saturated heterocycles. The van der Waals surface area contributed by atoms with E-state index >= 15 is 0 Å². The van der Waals surface area contributed by atoms with Crippen LogP contribution in [-0.4, -0.2) is 31.9 Å². The number of rotatable bonds is 10. The van der Waals surface area contributed by atoms with Crippen LogP contribution in [0.5, 0.6) is 17.2 Å². The molecule has 1 unspecified atom stereocenters. The van der Waals surface area contributed by atoms with Crippen LogP contribution in [0.2, 0.25) is 0 Å². The Labute approximate surface area is 175 Å². The van der Waals surface area contributed by atoms with Crippen molar-refractivity contribution in [1.82, 2.24) is 0 Å². The molecule has 0 heterocycles. The second-order valence-corrected chi connectivity index (χ2v) is 5.47. The molecule has 4 nitrogen and oxygen atoms in total. The second kappa shape index (κ2) is 10.1. The number of hydrogen-bond donors (Lipinski definition) is 1. The first-order chi connectivity index (χ1) is 17.7. The van der Waals surface area contributed by atoms with Crippen molar-refractivity contribution in [3.8, 4) is 17.2 Å². The molecule has 0 aromatic heterocycles. The minimum absolute atomic E-state index is 0.183. The molecule has 26 heavy (non-hydrogen) atoms. The molecule has 0 radical (unpaired) electrons. The summed E-state index contributed by atoms with van der Waals surface area (Å²) in [5.41, 5.74) is 0.127. The minimum Gasteiger partial charge on any atom is -0.493 e. The Bertz CT molecular complexity index is 1200. The Morgan fingerprint density at radius 3 is 2.69 bits per heavy atom. The van der Waals surface area contributed by atoms with Crippen molar-refractivity contribution in [2.75, 3.05) is 20.7 Å². The van der Waals surface area contributed by atoms with Crippen molar-refractivity contribution in [1.29, 1.82) is 0 Å². The van der Waals surface area contributed by atoms with Gasteiger partial charge < -0.3 is 19.3 Å². The van der Waals surface area contributed by atoms with E-state index in [4.69, 9.17) is 32.0 Å². The first kappa shape index (κ1) is 8.66. The van der Waals surface area contributed by atoms with Crippen molar-refractivity contribution in [2.24, 2.45) is 0 Å². The summed E-state index contributed by atoms with van der Waals surface area (Å²) in [5.74, 6) is -1.73. The van der Waals surface area contributed by atoms with E-state index in [1.165, 1.54) is 6.92 Å². The molecule has 2 aromatic rings. The van der Waals surface area contributed by atoms with Gasteiger partial charge in [0.25, 0.3) is 0 Å². The lowest BCUT2D eigenvalue weighted by atomic mass is 10.0. The molecule has 1 atom stereocenters. The summed E-state index contributed by atoms with van der Waals surface area (Å²) in [4.78, 5) is 0. The zero-order valence-electron chi connectivity index (χ0n) is 27.9. The lowest BCUT2D eigenvalue weighted by molar-refractivity contribution is 0.0976. The van der Waals surface area contributed by atoms with Crippen molar-refractivity contribution < 1.29 is 37.1 Å². The maximum atomic E-state index is 10.5. The molecule has 0 spiro atoms. The SMILES string of the molecule is [2H]c1c([2H])c(OC([2H])([2H])C(O)CCCC([2H])([2H])c2c([2H])c([2H])c(OC([2H])([2H])[2H])c(OC)c2[2H])c([2H])c(C)c1C. The summed E-state index contributed by atoms with van der Waals surface area (Å²) in [5, 5.41) is 10.5. The third kappa shape index (κ3) is 5.95. The van der Waals surface area contributed by atoms with Gasteiger partial charge in [-0.15, -0.1) is 0 Å². The molecule has 0 amide bonds. The van der Waals surface area contributed by atoms with Crippen LogP contribution in [0.3, 0.4) is 0 Å². The van der Waals surface area contributed by atoms with E-state index in [1.807, 2.05) is 0 Å². The zero-order valence-corrected chi connectivity index (χ0v) is 14.9. The van der Waals surface area contributed by atoms with Crippen molar-refractivity contribution >= 4 is 0 Å². The number of methoxy groups -OCH3 is 2. The zero-order chi connectivity index (χ0) is 30.2. The molecule has 2 aromatic carbocycles. The van der Waals surface area contributed by atoms with Gasteiger partial charge in [0.2, 0.25) is 0 Å². The number of aliphatic hydroxyl groups is 1. The van der Waals surface area contributed by atoms with Crippen LogP contribution < -0.4 is 14.2 Å². The van der Waals surface area contributed by atoms with Crippen LogP contribution in [-0.2, 0) is 6.37 Å². The number of hydrogen-bond acceptors (Lipinski definition) is 4. The molecule has 0 fully saturated rings. The first-order valence-electron chi connectivity index (χ1n) is 14.5. The Hall–Kier alpha value is -2.20. The molecule has 142 valence electrons. The smallest absolute Gasteiger partial charge is 0.160 e. The third-order valence-corrected chi connectivity index (χ3v) is 3.53. The van der Waals surface area contributed by atoms with E-state index in [1.54, 1.807) is 6.92 Å². The highest BCUT2D eigenvalue weighted by molar-refractivity contribution is 5.42. The maximum Gasteiger partial charge on any atom is 0.160 e. The standard InChI is InChI=1S/C22H30O4/c1-16-9-11-20(13-17(16)2)26-15-19(23)8-6-5-7-18-10-12-21(24-3)22(14-18)25-4/h9-14,19,23H,5-8,15H2,1-4H3/i3D3,7D2,9D,10D,11D,12D,13D,14D,15D2. The summed E-state index contributed by atoms with van der Waals surface area (Å²) in [6.07, 6.45) is -5.27. The van der Waals surface area contributed by atoms with Gasteiger partial charge in [-0.3, -0.25) is 0 Å². The van der Waals surface area contributed by atoms with Gasteiger partial charge >= 0.3 is 0 Å². The minimum atomic E-state index is -3.01. The predicted octanol–water partition coefficient (Wildman–Crippen LogP) is 4.47. The molecule has 0 aliphatic carbocycles. The molecule has 0 aliphatic heterocycles. The van der Waals surface area contributed by atoms with Crippen molar-refractivity contribution in [3.63, 3.8) is 0 Å². The van der Waals surface area contributed by atoms with Gasteiger partial charge in [0.15, 0.2) is 11.5 Å². The highest BCUT2D eigenvalue weighted by atomic mass is 16.5. The Kier molecular flexibility index (Phi) is 3.35. The van der Waals surface area contributed by atoms with Crippen LogP contribution >= 0.6 is 0 Å². The molecular formula is C22H30O4. The normalized spacial score (nSPS) is 20.7. The van der Waals surface area contributed by atoms with Crippen LogP contribution in [0.25, 0.3) is 0 Å². The van der Waals surface area contributed by atoms with E-state index in [0.29, 0.717) is 11.1 Å². The van der Waals surface area contributed by atoms with Crippen LogP contribution in [0.15, 0.2) is 36.3 Å². The van der Waals surface area contributed by atoms with E-state index in [-0.39, 0.29) is 24.9 Å². The molecule has 0 bridgehead atoms. The third-order valence-electron chi connectivity index (χ3n) is 3.53. The summed E-state index contributed by atoms with van der Waals surface area (Å²) in [7, 11) is -1.94. The quantitative estimate of drug-likeness (QED) is 0.669. The maximum absolute atomic E-state index is 10.5. The van der Waals surface area contributed by atoms with Gasteiger partial charge in [0.05, 0.1) is 35.3 Å². The van der Waals surface area contributed by atoms with Crippen LogP contribution in [0.1, 0.15) is 53.8 Å². The number of aliphatic hydroxyl groups excluding tert-OH is 1. The lowest BCUT2D eigenvalue weighted by Gasteiger charge is -2.13. The van der Waals surface area contributed by atoms with E-state index in [2.05, 4.69) is 0 Å². The van der Waals surface area contributed by atoms with E-state index in [9.17, 15) is 5.11 Å². The summed E-state index contributed by atoms with van der Waals surface area (Å²) < 4.78 is 118. The lowest BCUT2D eigenvalue weighted by Crippen LogP contribution is -2.17. The van der Waals surface area contributed by atoms with Gasteiger partial charge in [-0.2, -0.15) is 0 Å². The number of benzene rings is 2. The number of ether oxygens (including phenoxy) is 3. The highest BCUT2D eigenvalue weighted by Crippen LogP contribution is 2.28. The Balaban J connectivity index is 2.27. The highest BCUT2D eigenvalue weighted by Gasteiger charge is 2.07. The molecule has 0 saturated carbocycles. The van der Waals surface area contributed by atoms with Gasteiger partial charge in [-0.05, 0) is 73.9 Å². The molecule has 1 N–H and O–H groups in total. The summed E-state index contributed by atoms with van der Waals surface area (Å²) >= 11 is 0. The molecule has 4 heteroatoms. The molecule has 2 rings (SSSR count).